The van der Waals surface area contributed by atoms with Crippen molar-refractivity contribution in [3.05, 3.63) is 54.1 Å². The maximum absolute atomic E-state index is 12.4. The Hall–Kier alpha value is -2.14. The van der Waals surface area contributed by atoms with Crippen molar-refractivity contribution in [3.63, 3.8) is 0 Å². The second kappa shape index (κ2) is 8.30. The summed E-state index contributed by atoms with van der Waals surface area (Å²) in [5.74, 6) is 1.12. The van der Waals surface area contributed by atoms with Gasteiger partial charge in [-0.3, -0.25) is 4.79 Å². The van der Waals surface area contributed by atoms with Gasteiger partial charge in [-0.15, -0.1) is 0 Å². The summed E-state index contributed by atoms with van der Waals surface area (Å²) in [6.07, 6.45) is 6.98. The monoisotopic (exact) mass is 341 g/mol. The van der Waals surface area contributed by atoms with E-state index in [9.17, 15) is 4.79 Å². The Morgan fingerprint density at radius 2 is 2.04 bits per heavy atom. The lowest BCUT2D eigenvalue weighted by molar-refractivity contribution is -0.121. The van der Waals surface area contributed by atoms with Crippen LogP contribution in [0.1, 0.15) is 37.6 Å². The standard InChI is InChI=1S/C20H27N3O2/c1-2-18-21-11-13-23(18)12-8-19(24)22-16-20(9-14-25-15-10-20)17-6-4-3-5-7-17/h3-7,11,13H,2,8-10,12,14-16H2,1H3,(H,22,24). The summed E-state index contributed by atoms with van der Waals surface area (Å²) in [6.45, 7) is 4.92. The number of aromatic nitrogens is 2. The molecule has 0 saturated carbocycles. The zero-order valence-electron chi connectivity index (χ0n) is 14.9. The molecule has 134 valence electrons. The number of carbonyl (C=O) groups is 1. The molecule has 1 fully saturated rings. The first-order chi connectivity index (χ1) is 12.2. The van der Waals surface area contributed by atoms with E-state index in [0.717, 1.165) is 38.3 Å². The topological polar surface area (TPSA) is 56.2 Å². The summed E-state index contributed by atoms with van der Waals surface area (Å²) >= 11 is 0. The van der Waals surface area contributed by atoms with Crippen molar-refractivity contribution in [2.24, 2.45) is 0 Å². The van der Waals surface area contributed by atoms with Crippen molar-refractivity contribution >= 4 is 5.91 Å². The third kappa shape index (κ3) is 4.28. The number of carbonyl (C=O) groups excluding carboxylic acids is 1. The minimum absolute atomic E-state index is 0.0151. The van der Waals surface area contributed by atoms with Crippen LogP contribution in [0.3, 0.4) is 0 Å². The molecule has 1 aliphatic heterocycles. The first-order valence-electron chi connectivity index (χ1n) is 9.13. The van der Waals surface area contributed by atoms with Gasteiger partial charge in [0.1, 0.15) is 5.82 Å². The van der Waals surface area contributed by atoms with Crippen LogP contribution in [0.25, 0.3) is 0 Å². The molecule has 0 radical (unpaired) electrons. The van der Waals surface area contributed by atoms with Gasteiger partial charge in [-0.1, -0.05) is 37.3 Å². The van der Waals surface area contributed by atoms with E-state index in [0.29, 0.717) is 19.5 Å². The Bertz CT molecular complexity index is 675. The third-order valence-electron chi connectivity index (χ3n) is 5.16. The van der Waals surface area contributed by atoms with Gasteiger partial charge in [0, 0.05) is 57.0 Å². The average Bonchev–Trinajstić information content (AvgIpc) is 3.14. The van der Waals surface area contributed by atoms with Crippen LogP contribution in [0.4, 0.5) is 0 Å². The van der Waals surface area contributed by atoms with E-state index in [1.807, 2.05) is 12.3 Å². The van der Waals surface area contributed by atoms with Crippen LogP contribution < -0.4 is 5.32 Å². The number of aryl methyl sites for hydroxylation is 2. The zero-order valence-corrected chi connectivity index (χ0v) is 14.9. The zero-order chi connectivity index (χ0) is 17.5. The van der Waals surface area contributed by atoms with Gasteiger partial charge in [-0.05, 0) is 18.4 Å². The molecule has 2 heterocycles. The summed E-state index contributed by atoms with van der Waals surface area (Å²) in [4.78, 5) is 16.7. The van der Waals surface area contributed by atoms with E-state index >= 15 is 0 Å². The lowest BCUT2D eigenvalue weighted by Gasteiger charge is -2.38. The van der Waals surface area contributed by atoms with Gasteiger partial charge < -0.3 is 14.6 Å². The Balaban J connectivity index is 1.58. The summed E-state index contributed by atoms with van der Waals surface area (Å²) < 4.78 is 7.61. The summed E-state index contributed by atoms with van der Waals surface area (Å²) in [6, 6.07) is 10.5. The molecule has 0 spiro atoms. The molecule has 25 heavy (non-hydrogen) atoms. The molecular formula is C20H27N3O2. The number of nitrogens with zero attached hydrogens (tertiary/aromatic N) is 2. The fourth-order valence-electron chi connectivity index (χ4n) is 3.56. The molecule has 3 rings (SSSR count). The minimum Gasteiger partial charge on any atom is -0.381 e. The van der Waals surface area contributed by atoms with E-state index < -0.39 is 0 Å². The third-order valence-corrected chi connectivity index (χ3v) is 5.16. The molecule has 1 aromatic heterocycles. The van der Waals surface area contributed by atoms with Gasteiger partial charge in [0.15, 0.2) is 0 Å². The summed E-state index contributed by atoms with van der Waals surface area (Å²) in [7, 11) is 0. The molecule has 1 aromatic carbocycles. The molecule has 0 unspecified atom stereocenters. The van der Waals surface area contributed by atoms with Crippen LogP contribution in [-0.4, -0.2) is 35.2 Å². The van der Waals surface area contributed by atoms with Crippen LogP contribution in [0.5, 0.6) is 0 Å². The molecule has 0 aliphatic carbocycles. The minimum atomic E-state index is -0.0151. The molecule has 5 nitrogen and oxygen atoms in total. The number of ether oxygens (including phenoxy) is 1. The van der Waals surface area contributed by atoms with Gasteiger partial charge in [0.05, 0.1) is 0 Å². The summed E-state index contributed by atoms with van der Waals surface area (Å²) in [5.41, 5.74) is 1.28. The lowest BCUT2D eigenvalue weighted by Crippen LogP contribution is -2.44. The van der Waals surface area contributed by atoms with Crippen LogP contribution in [-0.2, 0) is 27.9 Å². The van der Waals surface area contributed by atoms with Gasteiger partial charge in [-0.2, -0.15) is 0 Å². The number of nitrogens with one attached hydrogen (secondary N) is 1. The van der Waals surface area contributed by atoms with Gasteiger partial charge in [0.25, 0.3) is 0 Å². The molecular weight excluding hydrogens is 314 g/mol. The predicted molar refractivity (Wildman–Crippen MR) is 97.4 cm³/mol. The first-order valence-corrected chi connectivity index (χ1v) is 9.13. The van der Waals surface area contributed by atoms with Crippen molar-refractivity contribution in [1.29, 1.82) is 0 Å². The molecule has 1 aliphatic rings. The SMILES string of the molecule is CCc1nccn1CCC(=O)NCC1(c2ccccc2)CCOCC1. The van der Waals surface area contributed by atoms with Crippen molar-refractivity contribution in [1.82, 2.24) is 14.9 Å². The smallest absolute Gasteiger partial charge is 0.221 e. The van der Waals surface area contributed by atoms with Crippen LogP contribution in [0.15, 0.2) is 42.7 Å². The van der Waals surface area contributed by atoms with Gasteiger partial charge in [0.2, 0.25) is 5.91 Å². The highest BCUT2D eigenvalue weighted by atomic mass is 16.5. The second-order valence-corrected chi connectivity index (χ2v) is 6.68. The number of rotatable bonds is 7. The quantitative estimate of drug-likeness (QED) is 0.842. The van der Waals surface area contributed by atoms with E-state index in [2.05, 4.69) is 46.1 Å². The fourth-order valence-corrected chi connectivity index (χ4v) is 3.56. The molecule has 2 aromatic rings. The predicted octanol–water partition coefficient (Wildman–Crippen LogP) is 2.70. The van der Waals surface area contributed by atoms with E-state index in [4.69, 9.17) is 4.74 Å². The van der Waals surface area contributed by atoms with Crippen molar-refractivity contribution in [2.45, 2.75) is 44.6 Å². The number of benzene rings is 1. The fraction of sp³-hybridized carbons (Fsp3) is 0.500. The van der Waals surface area contributed by atoms with Crippen LogP contribution >= 0.6 is 0 Å². The molecule has 1 N–H and O–H groups in total. The Morgan fingerprint density at radius 1 is 1.28 bits per heavy atom. The average molecular weight is 341 g/mol. The van der Waals surface area contributed by atoms with Crippen LogP contribution in [0.2, 0.25) is 0 Å². The highest BCUT2D eigenvalue weighted by Gasteiger charge is 2.34. The van der Waals surface area contributed by atoms with E-state index in [-0.39, 0.29) is 11.3 Å². The maximum atomic E-state index is 12.4. The lowest BCUT2D eigenvalue weighted by atomic mass is 9.74. The molecule has 0 bridgehead atoms. The molecule has 5 heteroatoms. The number of hydrogen-bond donors (Lipinski definition) is 1. The highest BCUT2D eigenvalue weighted by molar-refractivity contribution is 5.76. The second-order valence-electron chi connectivity index (χ2n) is 6.68. The van der Waals surface area contributed by atoms with E-state index in [1.165, 1.54) is 5.56 Å². The summed E-state index contributed by atoms with van der Waals surface area (Å²) in [5, 5.41) is 3.16. The number of hydrogen-bond acceptors (Lipinski definition) is 3. The first kappa shape index (κ1) is 17.7. The van der Waals surface area contributed by atoms with Crippen molar-refractivity contribution in [2.75, 3.05) is 19.8 Å². The largest absolute Gasteiger partial charge is 0.381 e. The van der Waals surface area contributed by atoms with E-state index in [1.54, 1.807) is 6.20 Å². The van der Waals surface area contributed by atoms with Gasteiger partial charge >= 0.3 is 0 Å². The number of imidazole rings is 1. The Kier molecular flexibility index (Phi) is 5.87. The Labute approximate surface area is 149 Å². The molecule has 1 amide bonds. The number of amides is 1. The van der Waals surface area contributed by atoms with Gasteiger partial charge in [-0.25, -0.2) is 4.98 Å². The Morgan fingerprint density at radius 3 is 2.76 bits per heavy atom. The maximum Gasteiger partial charge on any atom is 0.221 e. The highest BCUT2D eigenvalue weighted by Crippen LogP contribution is 2.34. The normalized spacial score (nSPS) is 16.5. The van der Waals surface area contributed by atoms with Crippen LogP contribution in [0, 0.1) is 0 Å². The van der Waals surface area contributed by atoms with Crippen molar-refractivity contribution < 1.29 is 9.53 Å². The molecule has 0 atom stereocenters. The van der Waals surface area contributed by atoms with Crippen molar-refractivity contribution in [3.8, 4) is 0 Å². The molecule has 1 saturated heterocycles.